The number of hydrogen-bond donors (Lipinski definition) is 1. The number of aryl methyl sites for hydroxylation is 1. The zero-order valence-electron chi connectivity index (χ0n) is 8.10. The molecule has 0 aliphatic rings. The van der Waals surface area contributed by atoms with Gasteiger partial charge < -0.3 is 5.11 Å². The minimum atomic E-state index is -0.805. The van der Waals surface area contributed by atoms with Crippen LogP contribution in [0.1, 0.15) is 18.9 Å². The molecule has 0 aliphatic carbocycles. The van der Waals surface area contributed by atoms with Gasteiger partial charge in [-0.1, -0.05) is 18.7 Å². The first-order valence-corrected chi connectivity index (χ1v) is 5.20. The highest BCUT2D eigenvalue weighted by Crippen LogP contribution is 2.23. The lowest BCUT2D eigenvalue weighted by atomic mass is 10.3. The summed E-state index contributed by atoms with van der Waals surface area (Å²) in [5, 5.41) is 16.7. The van der Waals surface area contributed by atoms with E-state index in [1.807, 2.05) is 19.9 Å². The van der Waals surface area contributed by atoms with E-state index in [2.05, 4.69) is 10.2 Å². The summed E-state index contributed by atoms with van der Waals surface area (Å²) in [6, 6.07) is 1.84. The van der Waals surface area contributed by atoms with Gasteiger partial charge in [0.05, 0.1) is 6.20 Å². The van der Waals surface area contributed by atoms with E-state index < -0.39 is 11.2 Å². The molecule has 4 nitrogen and oxygen atoms in total. The Hall–Kier alpha value is -1.10. The molecule has 14 heavy (non-hydrogen) atoms. The zero-order valence-corrected chi connectivity index (χ0v) is 8.91. The summed E-state index contributed by atoms with van der Waals surface area (Å²) in [5.74, 6) is -0.805. The maximum atomic E-state index is 10.8. The first-order valence-electron chi connectivity index (χ1n) is 4.32. The van der Waals surface area contributed by atoms with Crippen LogP contribution >= 0.6 is 11.8 Å². The molecule has 0 saturated heterocycles. The van der Waals surface area contributed by atoms with Crippen LogP contribution < -0.4 is 0 Å². The number of carboxylic acid groups (broad SMARTS) is 1. The summed E-state index contributed by atoms with van der Waals surface area (Å²) in [6.45, 7) is 3.75. The molecule has 1 aromatic heterocycles. The Balaban J connectivity index is 2.72. The largest absolute Gasteiger partial charge is 0.480 e. The lowest BCUT2D eigenvalue weighted by molar-refractivity contribution is -0.136. The van der Waals surface area contributed by atoms with Gasteiger partial charge in [-0.05, 0) is 25.0 Å². The fourth-order valence-corrected chi connectivity index (χ4v) is 1.86. The molecular weight excluding hydrogens is 200 g/mol. The second-order valence-corrected chi connectivity index (χ2v) is 4.15. The van der Waals surface area contributed by atoms with Crippen molar-refractivity contribution in [2.45, 2.75) is 30.5 Å². The van der Waals surface area contributed by atoms with Crippen molar-refractivity contribution in [3.8, 4) is 0 Å². The minimum absolute atomic E-state index is 0.439. The van der Waals surface area contributed by atoms with E-state index in [1.54, 1.807) is 6.20 Å². The maximum Gasteiger partial charge on any atom is 0.317 e. The van der Waals surface area contributed by atoms with E-state index in [1.165, 1.54) is 11.8 Å². The molecule has 76 valence electrons. The van der Waals surface area contributed by atoms with Crippen LogP contribution in [0.25, 0.3) is 0 Å². The van der Waals surface area contributed by atoms with Crippen molar-refractivity contribution < 1.29 is 9.90 Å². The molecule has 0 aliphatic heterocycles. The van der Waals surface area contributed by atoms with Crippen LogP contribution in [0.5, 0.6) is 0 Å². The molecule has 0 radical (unpaired) electrons. The molecule has 1 atom stereocenters. The second-order valence-electron chi connectivity index (χ2n) is 2.92. The maximum absolute atomic E-state index is 10.8. The lowest BCUT2D eigenvalue weighted by Gasteiger charge is -2.07. The Kier molecular flexibility index (Phi) is 3.88. The van der Waals surface area contributed by atoms with E-state index in [0.717, 1.165) is 5.56 Å². The number of hydrogen-bond acceptors (Lipinski definition) is 4. The van der Waals surface area contributed by atoms with E-state index in [9.17, 15) is 4.79 Å². The highest BCUT2D eigenvalue weighted by Gasteiger charge is 2.17. The molecule has 0 fully saturated rings. The minimum Gasteiger partial charge on any atom is -0.480 e. The molecule has 0 bridgehead atoms. The van der Waals surface area contributed by atoms with Crippen LogP contribution in [0.4, 0.5) is 0 Å². The summed E-state index contributed by atoms with van der Waals surface area (Å²) in [7, 11) is 0. The number of carboxylic acids is 1. The fraction of sp³-hybridized carbons (Fsp3) is 0.444. The third-order valence-corrected chi connectivity index (χ3v) is 2.94. The monoisotopic (exact) mass is 212 g/mol. The normalized spacial score (nSPS) is 12.4. The van der Waals surface area contributed by atoms with Crippen molar-refractivity contribution in [3.63, 3.8) is 0 Å². The summed E-state index contributed by atoms with van der Waals surface area (Å²) >= 11 is 1.24. The third kappa shape index (κ3) is 2.99. The van der Waals surface area contributed by atoms with E-state index in [0.29, 0.717) is 11.4 Å². The molecule has 0 amide bonds. The van der Waals surface area contributed by atoms with Crippen molar-refractivity contribution in [3.05, 3.63) is 17.8 Å². The smallest absolute Gasteiger partial charge is 0.317 e. The first-order chi connectivity index (χ1) is 6.63. The van der Waals surface area contributed by atoms with Gasteiger partial charge in [-0.2, -0.15) is 5.10 Å². The standard InChI is InChI=1S/C9H12N2O2S/c1-3-7(9(12)13)14-8-4-6(2)5-10-11-8/h4-5,7H,3H2,1-2H3,(H,12,13). The predicted octanol–water partition coefficient (Wildman–Crippen LogP) is 1.74. The molecular formula is C9H12N2O2S. The van der Waals surface area contributed by atoms with Crippen LogP contribution in [-0.4, -0.2) is 26.5 Å². The zero-order chi connectivity index (χ0) is 10.6. The van der Waals surface area contributed by atoms with Gasteiger partial charge in [0.1, 0.15) is 10.3 Å². The van der Waals surface area contributed by atoms with Crippen LogP contribution in [-0.2, 0) is 4.79 Å². The molecule has 1 N–H and O–H groups in total. The highest BCUT2D eigenvalue weighted by molar-refractivity contribution is 8.00. The number of rotatable bonds is 4. The summed E-state index contributed by atoms with van der Waals surface area (Å²) in [5.41, 5.74) is 0.989. The average Bonchev–Trinajstić information content (AvgIpc) is 2.14. The molecule has 1 unspecified atom stereocenters. The van der Waals surface area contributed by atoms with E-state index >= 15 is 0 Å². The highest BCUT2D eigenvalue weighted by atomic mass is 32.2. The van der Waals surface area contributed by atoms with Gasteiger partial charge in [-0.3, -0.25) is 4.79 Å². The van der Waals surface area contributed by atoms with Gasteiger partial charge in [0.2, 0.25) is 0 Å². The summed E-state index contributed by atoms with van der Waals surface area (Å²) in [6.07, 6.45) is 2.22. The Labute approximate surface area is 86.7 Å². The molecule has 0 aromatic carbocycles. The van der Waals surface area contributed by atoms with E-state index in [4.69, 9.17) is 5.11 Å². The number of aliphatic carboxylic acids is 1. The van der Waals surface area contributed by atoms with Gasteiger partial charge in [-0.15, -0.1) is 5.10 Å². The van der Waals surface area contributed by atoms with Gasteiger partial charge in [-0.25, -0.2) is 0 Å². The van der Waals surface area contributed by atoms with Crippen molar-refractivity contribution >= 4 is 17.7 Å². The molecule has 5 heteroatoms. The molecule has 1 rings (SSSR count). The summed E-state index contributed by atoms with van der Waals surface area (Å²) < 4.78 is 0. The number of nitrogens with zero attached hydrogens (tertiary/aromatic N) is 2. The predicted molar refractivity (Wildman–Crippen MR) is 54.3 cm³/mol. The molecule has 1 aromatic rings. The third-order valence-electron chi connectivity index (χ3n) is 1.68. The fourth-order valence-electron chi connectivity index (χ4n) is 0.949. The van der Waals surface area contributed by atoms with Crippen molar-refractivity contribution in [1.29, 1.82) is 0 Å². The van der Waals surface area contributed by atoms with Gasteiger partial charge in [0.15, 0.2) is 0 Å². The number of carbonyl (C=O) groups is 1. The number of aromatic nitrogens is 2. The molecule has 0 saturated carbocycles. The van der Waals surface area contributed by atoms with Crippen LogP contribution in [0.2, 0.25) is 0 Å². The van der Waals surface area contributed by atoms with Crippen LogP contribution in [0, 0.1) is 6.92 Å². The Bertz CT molecular complexity index is 330. The topological polar surface area (TPSA) is 63.1 Å². The molecule has 1 heterocycles. The van der Waals surface area contributed by atoms with Crippen molar-refractivity contribution in [2.75, 3.05) is 0 Å². The van der Waals surface area contributed by atoms with Crippen molar-refractivity contribution in [1.82, 2.24) is 10.2 Å². The lowest BCUT2D eigenvalue weighted by Crippen LogP contribution is -2.15. The first kappa shape index (κ1) is 11.0. The van der Waals surface area contributed by atoms with Crippen molar-refractivity contribution in [2.24, 2.45) is 0 Å². The number of thioether (sulfide) groups is 1. The Morgan fingerprint density at radius 2 is 2.43 bits per heavy atom. The SMILES string of the molecule is CCC(Sc1cc(C)cnn1)C(=O)O. The average molecular weight is 212 g/mol. The van der Waals surface area contributed by atoms with Crippen LogP contribution in [0.15, 0.2) is 17.3 Å². The Morgan fingerprint density at radius 1 is 1.71 bits per heavy atom. The summed E-state index contributed by atoms with van der Waals surface area (Å²) in [4.78, 5) is 10.8. The van der Waals surface area contributed by atoms with Gasteiger partial charge in [0.25, 0.3) is 0 Å². The molecule has 0 spiro atoms. The second kappa shape index (κ2) is 4.95. The Morgan fingerprint density at radius 3 is 2.93 bits per heavy atom. The van der Waals surface area contributed by atoms with Gasteiger partial charge >= 0.3 is 5.97 Å². The van der Waals surface area contributed by atoms with E-state index in [-0.39, 0.29) is 0 Å². The van der Waals surface area contributed by atoms with Gasteiger partial charge in [0, 0.05) is 0 Å². The van der Waals surface area contributed by atoms with Crippen LogP contribution in [0.3, 0.4) is 0 Å². The quantitative estimate of drug-likeness (QED) is 0.770.